The second-order valence-corrected chi connectivity index (χ2v) is 6.36. The fourth-order valence-electron chi connectivity index (χ4n) is 3.01. The van der Waals surface area contributed by atoms with E-state index in [0.717, 1.165) is 18.0 Å². The summed E-state index contributed by atoms with van der Waals surface area (Å²) >= 11 is 6.20. The number of hydrogen-bond donors (Lipinski definition) is 1. The normalized spacial score (nSPS) is 23.0. The van der Waals surface area contributed by atoms with Gasteiger partial charge in [0.25, 0.3) is 0 Å². The second-order valence-electron chi connectivity index (χ2n) is 5.95. The van der Waals surface area contributed by atoms with E-state index in [1.54, 1.807) is 6.07 Å². The van der Waals surface area contributed by atoms with Crippen molar-refractivity contribution in [1.82, 2.24) is 4.90 Å². The minimum Gasteiger partial charge on any atom is -0.478 e. The smallest absolute Gasteiger partial charge is 0.335 e. The summed E-state index contributed by atoms with van der Waals surface area (Å²) in [6.45, 7) is 3.09. The molecule has 4 heteroatoms. The van der Waals surface area contributed by atoms with Crippen molar-refractivity contribution in [3.8, 4) is 0 Å². The summed E-state index contributed by atoms with van der Waals surface area (Å²) in [6, 6.07) is 5.60. The van der Waals surface area contributed by atoms with Crippen LogP contribution in [-0.4, -0.2) is 29.1 Å². The Kier molecular flexibility index (Phi) is 5.06. The molecule has 1 aromatic rings. The molecular weight excluding hydrogens is 274 g/mol. The van der Waals surface area contributed by atoms with Gasteiger partial charge in [-0.15, -0.1) is 0 Å². The number of halogens is 1. The van der Waals surface area contributed by atoms with Gasteiger partial charge in [-0.3, -0.25) is 4.90 Å². The number of carboxylic acids is 1. The minimum absolute atomic E-state index is 0.243. The third-order valence-electron chi connectivity index (χ3n) is 4.25. The Balaban J connectivity index is 2.03. The molecule has 1 aliphatic rings. The van der Waals surface area contributed by atoms with E-state index in [9.17, 15) is 4.79 Å². The predicted octanol–water partition coefficient (Wildman–Crippen LogP) is 4.05. The maximum Gasteiger partial charge on any atom is 0.335 e. The molecule has 0 spiro atoms. The molecular formula is C16H22ClNO2. The van der Waals surface area contributed by atoms with Crippen molar-refractivity contribution in [3.05, 3.63) is 34.3 Å². The summed E-state index contributed by atoms with van der Waals surface area (Å²) in [4.78, 5) is 13.2. The molecule has 0 saturated heterocycles. The molecule has 3 nitrogen and oxygen atoms in total. The first kappa shape index (κ1) is 15.3. The van der Waals surface area contributed by atoms with Crippen molar-refractivity contribution in [2.45, 2.75) is 45.2 Å². The predicted molar refractivity (Wildman–Crippen MR) is 81.3 cm³/mol. The number of rotatable bonds is 4. The minimum atomic E-state index is -0.937. The lowest BCUT2D eigenvalue weighted by molar-refractivity contribution is 0.0697. The maximum absolute atomic E-state index is 10.9. The van der Waals surface area contributed by atoms with Gasteiger partial charge in [-0.1, -0.05) is 37.4 Å². The number of benzene rings is 1. The summed E-state index contributed by atoms with van der Waals surface area (Å²) < 4.78 is 0. The van der Waals surface area contributed by atoms with Crippen molar-refractivity contribution < 1.29 is 9.90 Å². The number of hydrogen-bond acceptors (Lipinski definition) is 2. The van der Waals surface area contributed by atoms with E-state index in [2.05, 4.69) is 18.9 Å². The molecule has 1 fully saturated rings. The van der Waals surface area contributed by atoms with E-state index in [4.69, 9.17) is 16.7 Å². The molecule has 0 heterocycles. The van der Waals surface area contributed by atoms with E-state index < -0.39 is 5.97 Å². The van der Waals surface area contributed by atoms with Gasteiger partial charge in [-0.25, -0.2) is 4.79 Å². The molecule has 0 aromatic heterocycles. The first-order valence-electron chi connectivity index (χ1n) is 7.19. The zero-order valence-electron chi connectivity index (χ0n) is 12.1. The largest absolute Gasteiger partial charge is 0.478 e. The van der Waals surface area contributed by atoms with Gasteiger partial charge in [0.2, 0.25) is 0 Å². The zero-order chi connectivity index (χ0) is 14.7. The van der Waals surface area contributed by atoms with E-state index in [1.807, 2.05) is 6.07 Å². The van der Waals surface area contributed by atoms with E-state index in [-0.39, 0.29) is 5.56 Å². The summed E-state index contributed by atoms with van der Waals surface area (Å²) in [5, 5.41) is 9.49. The Hall–Kier alpha value is -1.06. The topological polar surface area (TPSA) is 40.5 Å². The Bertz CT molecular complexity index is 489. The highest BCUT2D eigenvalue weighted by molar-refractivity contribution is 6.31. The van der Waals surface area contributed by atoms with E-state index in [0.29, 0.717) is 11.1 Å². The summed E-state index contributed by atoms with van der Waals surface area (Å²) in [6.07, 6.45) is 5.10. The van der Waals surface area contributed by atoms with Crippen molar-refractivity contribution in [2.75, 3.05) is 7.05 Å². The van der Waals surface area contributed by atoms with Gasteiger partial charge in [0.1, 0.15) is 0 Å². The summed E-state index contributed by atoms with van der Waals surface area (Å²) in [5.41, 5.74) is 1.24. The quantitative estimate of drug-likeness (QED) is 0.911. The number of carbonyl (C=O) groups is 1. The van der Waals surface area contributed by atoms with Gasteiger partial charge in [0, 0.05) is 17.6 Å². The molecule has 2 rings (SSSR count). The van der Waals surface area contributed by atoms with Gasteiger partial charge in [-0.2, -0.15) is 0 Å². The number of carboxylic acid groups (broad SMARTS) is 1. The van der Waals surface area contributed by atoms with Crippen molar-refractivity contribution in [1.29, 1.82) is 0 Å². The fourth-order valence-corrected chi connectivity index (χ4v) is 3.25. The molecule has 0 radical (unpaired) electrons. The molecule has 20 heavy (non-hydrogen) atoms. The first-order valence-corrected chi connectivity index (χ1v) is 7.57. The second kappa shape index (κ2) is 6.59. The maximum atomic E-state index is 10.9. The van der Waals surface area contributed by atoms with Crippen LogP contribution in [0, 0.1) is 5.92 Å². The third-order valence-corrected chi connectivity index (χ3v) is 4.60. The fraction of sp³-hybridized carbons (Fsp3) is 0.562. The van der Waals surface area contributed by atoms with Crippen LogP contribution in [0.15, 0.2) is 18.2 Å². The molecule has 0 amide bonds. The van der Waals surface area contributed by atoms with Gasteiger partial charge >= 0.3 is 5.97 Å². The van der Waals surface area contributed by atoms with Crippen molar-refractivity contribution in [2.24, 2.45) is 5.92 Å². The lowest BCUT2D eigenvalue weighted by Crippen LogP contribution is -2.35. The number of nitrogens with zero attached hydrogens (tertiary/aromatic N) is 1. The first-order chi connectivity index (χ1) is 9.47. The van der Waals surface area contributed by atoms with E-state index >= 15 is 0 Å². The Morgan fingerprint density at radius 3 is 2.80 bits per heavy atom. The highest BCUT2D eigenvalue weighted by Gasteiger charge is 2.22. The van der Waals surface area contributed by atoms with Crippen molar-refractivity contribution >= 4 is 17.6 Å². The highest BCUT2D eigenvalue weighted by atomic mass is 35.5. The number of aromatic carboxylic acids is 1. The molecule has 2 unspecified atom stereocenters. The Morgan fingerprint density at radius 1 is 1.45 bits per heavy atom. The summed E-state index contributed by atoms with van der Waals surface area (Å²) in [7, 11) is 2.13. The van der Waals surface area contributed by atoms with Crippen LogP contribution in [0.3, 0.4) is 0 Å². The van der Waals surface area contributed by atoms with E-state index in [1.165, 1.54) is 31.7 Å². The molecule has 1 aliphatic carbocycles. The lowest BCUT2D eigenvalue weighted by atomic mass is 9.86. The van der Waals surface area contributed by atoms with Crippen LogP contribution in [0.1, 0.15) is 48.5 Å². The molecule has 2 atom stereocenters. The van der Waals surface area contributed by atoms with Gasteiger partial charge in [-0.05, 0) is 43.5 Å². The molecule has 1 N–H and O–H groups in total. The molecule has 1 saturated carbocycles. The van der Waals surface area contributed by atoms with Crippen LogP contribution >= 0.6 is 11.6 Å². The molecule has 110 valence electrons. The molecule has 1 aromatic carbocycles. The Labute approximate surface area is 125 Å². The monoisotopic (exact) mass is 295 g/mol. The Morgan fingerprint density at radius 2 is 2.20 bits per heavy atom. The van der Waals surface area contributed by atoms with Gasteiger partial charge in [0.15, 0.2) is 0 Å². The summed E-state index contributed by atoms with van der Waals surface area (Å²) in [5.74, 6) is -0.144. The van der Waals surface area contributed by atoms with Crippen LogP contribution in [0.4, 0.5) is 0 Å². The average Bonchev–Trinajstić information content (AvgIpc) is 2.40. The zero-order valence-corrected chi connectivity index (χ0v) is 12.9. The highest BCUT2D eigenvalue weighted by Crippen LogP contribution is 2.28. The van der Waals surface area contributed by atoms with Crippen LogP contribution in [0.25, 0.3) is 0 Å². The van der Waals surface area contributed by atoms with Crippen LogP contribution in [0.2, 0.25) is 5.02 Å². The van der Waals surface area contributed by atoms with Gasteiger partial charge in [0.05, 0.1) is 5.56 Å². The average molecular weight is 296 g/mol. The SMILES string of the molecule is CC1CCCC(N(C)Cc2ccc(C(=O)O)cc2Cl)C1. The van der Waals surface area contributed by atoms with Crippen molar-refractivity contribution in [3.63, 3.8) is 0 Å². The van der Waals surface area contributed by atoms with Crippen LogP contribution < -0.4 is 0 Å². The van der Waals surface area contributed by atoms with Crippen LogP contribution in [-0.2, 0) is 6.54 Å². The molecule has 0 bridgehead atoms. The van der Waals surface area contributed by atoms with Gasteiger partial charge < -0.3 is 5.11 Å². The molecule has 0 aliphatic heterocycles. The third kappa shape index (κ3) is 3.74. The lowest BCUT2D eigenvalue weighted by Gasteiger charge is -2.34. The van der Waals surface area contributed by atoms with Crippen LogP contribution in [0.5, 0.6) is 0 Å². The standard InChI is InChI=1S/C16H22ClNO2/c1-11-4-3-5-14(8-11)18(2)10-13-7-6-12(16(19)20)9-15(13)17/h6-7,9,11,14H,3-5,8,10H2,1-2H3,(H,19,20).